The number of benzene rings is 2. The van der Waals surface area contributed by atoms with Crippen LogP contribution >= 0.6 is 15.9 Å². The largest absolute Gasteiger partial charge is 0.462 e. The van der Waals surface area contributed by atoms with Gasteiger partial charge in [-0.1, -0.05) is 22.0 Å². The minimum atomic E-state index is -0.984. The number of rotatable bonds is 8. The van der Waals surface area contributed by atoms with Crippen molar-refractivity contribution in [2.24, 2.45) is 5.10 Å². The van der Waals surface area contributed by atoms with Crippen LogP contribution in [0.3, 0.4) is 0 Å². The summed E-state index contributed by atoms with van der Waals surface area (Å²) in [6, 6.07) is 15.7. The molecule has 12 nitrogen and oxygen atoms in total. The Morgan fingerprint density at radius 3 is 2.32 bits per heavy atom. The van der Waals surface area contributed by atoms with Gasteiger partial charge in [-0.25, -0.2) is 10.2 Å². The number of carbonyl (C=O) groups is 5. The fourth-order valence-corrected chi connectivity index (χ4v) is 3.26. The number of esters is 1. The van der Waals surface area contributed by atoms with Crippen LogP contribution in [-0.2, 0) is 30.5 Å². The third kappa shape index (κ3) is 8.41. The van der Waals surface area contributed by atoms with Crippen LogP contribution in [0.15, 0.2) is 74.7 Å². The number of nitrogens with one attached hydrogen (secondary N) is 4. The molecule has 0 aliphatic heterocycles. The summed E-state index contributed by atoms with van der Waals surface area (Å²) in [7, 11) is 0. The molecule has 13 heteroatoms. The molecule has 0 aliphatic rings. The van der Waals surface area contributed by atoms with Crippen molar-refractivity contribution in [3.63, 3.8) is 0 Å². The molecule has 1 heterocycles. The monoisotopic (exact) mass is 583 g/mol. The smallest absolute Gasteiger partial charge is 0.338 e. The summed E-state index contributed by atoms with van der Waals surface area (Å²) in [5.74, 6) is -3.66. The van der Waals surface area contributed by atoms with Crippen molar-refractivity contribution in [3.05, 3.63) is 82.2 Å². The minimum Gasteiger partial charge on any atom is -0.462 e. The number of ether oxygens (including phenoxy) is 1. The Morgan fingerprint density at radius 1 is 0.895 bits per heavy atom. The Balaban J connectivity index is 1.42. The van der Waals surface area contributed by atoms with Crippen LogP contribution < -0.4 is 21.4 Å². The zero-order valence-corrected chi connectivity index (χ0v) is 21.5. The highest BCUT2D eigenvalue weighted by molar-refractivity contribution is 9.10. The van der Waals surface area contributed by atoms with Gasteiger partial charge in [-0.3, -0.25) is 19.2 Å². The van der Waals surface area contributed by atoms with Crippen LogP contribution in [-0.4, -0.2) is 42.4 Å². The molecule has 0 bridgehead atoms. The molecule has 0 saturated heterocycles. The van der Waals surface area contributed by atoms with E-state index in [2.05, 4.69) is 42.4 Å². The first-order valence-corrected chi connectivity index (χ1v) is 11.9. The lowest BCUT2D eigenvalue weighted by Gasteiger charge is -2.07. The van der Waals surface area contributed by atoms with E-state index in [0.717, 1.165) is 4.47 Å². The van der Waals surface area contributed by atoms with Crippen LogP contribution in [0.2, 0.25) is 0 Å². The van der Waals surface area contributed by atoms with Gasteiger partial charge in [-0.2, -0.15) is 5.10 Å². The van der Waals surface area contributed by atoms with Gasteiger partial charge in [-0.05, 0) is 61.5 Å². The molecule has 3 rings (SSSR count). The second-order valence-corrected chi connectivity index (χ2v) is 8.32. The van der Waals surface area contributed by atoms with Gasteiger partial charge in [0.05, 0.1) is 24.9 Å². The summed E-state index contributed by atoms with van der Waals surface area (Å²) in [6.07, 6.45) is 1.17. The normalized spacial score (nSPS) is 10.5. The molecule has 3 aromatic rings. The highest BCUT2D eigenvalue weighted by Crippen LogP contribution is 2.15. The molecule has 196 valence electrons. The van der Waals surface area contributed by atoms with Crippen LogP contribution in [0.1, 0.15) is 28.8 Å². The average molecular weight is 584 g/mol. The van der Waals surface area contributed by atoms with E-state index in [1.165, 1.54) is 42.6 Å². The van der Waals surface area contributed by atoms with E-state index >= 15 is 0 Å². The van der Waals surface area contributed by atoms with Gasteiger partial charge < -0.3 is 25.1 Å². The van der Waals surface area contributed by atoms with E-state index in [9.17, 15) is 24.0 Å². The first-order valence-electron chi connectivity index (χ1n) is 11.1. The van der Waals surface area contributed by atoms with Crippen molar-refractivity contribution in [1.29, 1.82) is 0 Å². The number of hydrogen-bond donors (Lipinski definition) is 4. The number of nitrogens with zero attached hydrogens (tertiary/aromatic N) is 1. The third-order valence-corrected chi connectivity index (χ3v) is 5.11. The summed E-state index contributed by atoms with van der Waals surface area (Å²) in [5.41, 5.74) is 3.15. The van der Waals surface area contributed by atoms with Crippen molar-refractivity contribution in [1.82, 2.24) is 10.7 Å². The molecule has 2 aromatic carbocycles. The van der Waals surface area contributed by atoms with E-state index in [-0.39, 0.29) is 18.9 Å². The topological polar surface area (TPSA) is 168 Å². The summed E-state index contributed by atoms with van der Waals surface area (Å²) in [4.78, 5) is 59.7. The Labute approximate surface area is 224 Å². The van der Waals surface area contributed by atoms with E-state index in [4.69, 9.17) is 9.15 Å². The zero-order valence-electron chi connectivity index (χ0n) is 19.9. The van der Waals surface area contributed by atoms with Gasteiger partial charge in [0.25, 0.3) is 0 Å². The van der Waals surface area contributed by atoms with Crippen LogP contribution in [0.5, 0.6) is 0 Å². The molecular formula is C25H22BrN5O7. The maximum Gasteiger partial charge on any atom is 0.338 e. The number of furan rings is 1. The molecule has 1 aromatic heterocycles. The van der Waals surface area contributed by atoms with Crippen LogP contribution in [0, 0.1) is 0 Å². The Hall–Kier alpha value is -4.78. The predicted molar refractivity (Wildman–Crippen MR) is 140 cm³/mol. The maximum atomic E-state index is 12.1. The van der Waals surface area contributed by atoms with Crippen molar-refractivity contribution < 1.29 is 33.1 Å². The fraction of sp³-hybridized carbons (Fsp3) is 0.120. The van der Waals surface area contributed by atoms with E-state index in [1.807, 2.05) is 0 Å². The number of halogens is 1. The highest BCUT2D eigenvalue weighted by atomic mass is 79.9. The predicted octanol–water partition coefficient (Wildman–Crippen LogP) is 2.56. The molecule has 0 unspecified atom stereocenters. The summed E-state index contributed by atoms with van der Waals surface area (Å²) in [6.45, 7) is 1.84. The first-order chi connectivity index (χ1) is 18.2. The molecule has 0 aliphatic carbocycles. The Bertz CT molecular complexity index is 1370. The second-order valence-electron chi connectivity index (χ2n) is 7.40. The number of anilines is 2. The Morgan fingerprint density at radius 2 is 1.61 bits per heavy atom. The summed E-state index contributed by atoms with van der Waals surface area (Å²) >= 11 is 3.27. The van der Waals surface area contributed by atoms with Gasteiger partial charge in [0.1, 0.15) is 11.5 Å². The SMILES string of the molecule is CCOC(=O)c1ccc(NC(=O)C(=O)NCc2ccc(/C=N/NC(=O)C(=O)Nc3cccc(Br)c3)o2)cc1. The van der Waals surface area contributed by atoms with Crippen molar-refractivity contribution >= 4 is 63.1 Å². The molecule has 38 heavy (non-hydrogen) atoms. The van der Waals surface area contributed by atoms with Crippen molar-refractivity contribution in [2.45, 2.75) is 13.5 Å². The lowest BCUT2D eigenvalue weighted by molar-refractivity contribution is -0.136. The van der Waals surface area contributed by atoms with Crippen molar-refractivity contribution in [2.75, 3.05) is 17.2 Å². The molecule has 0 fully saturated rings. The molecule has 0 saturated carbocycles. The number of amides is 4. The molecule has 4 N–H and O–H groups in total. The molecule has 0 atom stereocenters. The summed E-state index contributed by atoms with van der Waals surface area (Å²) in [5, 5.41) is 10.9. The quantitative estimate of drug-likeness (QED) is 0.137. The van der Waals surface area contributed by atoms with Gasteiger partial charge >= 0.3 is 29.6 Å². The fourth-order valence-electron chi connectivity index (χ4n) is 2.86. The van der Waals surface area contributed by atoms with Crippen LogP contribution in [0.25, 0.3) is 0 Å². The average Bonchev–Trinajstić information content (AvgIpc) is 3.35. The molecular weight excluding hydrogens is 562 g/mol. The lowest BCUT2D eigenvalue weighted by atomic mass is 10.2. The first kappa shape index (κ1) is 27.8. The molecule has 0 spiro atoms. The Kier molecular flexibility index (Phi) is 9.88. The molecule has 4 amide bonds. The van der Waals surface area contributed by atoms with Gasteiger partial charge in [0.15, 0.2) is 0 Å². The van der Waals surface area contributed by atoms with Crippen molar-refractivity contribution in [3.8, 4) is 0 Å². The van der Waals surface area contributed by atoms with Crippen LogP contribution in [0.4, 0.5) is 11.4 Å². The zero-order chi connectivity index (χ0) is 27.5. The van der Waals surface area contributed by atoms with Gasteiger partial charge in [0.2, 0.25) is 0 Å². The molecule has 0 radical (unpaired) electrons. The number of hydrogen-bond acceptors (Lipinski definition) is 8. The number of hydrazone groups is 1. The maximum absolute atomic E-state index is 12.1. The van der Waals surface area contributed by atoms with E-state index in [0.29, 0.717) is 22.7 Å². The lowest BCUT2D eigenvalue weighted by Crippen LogP contribution is -2.34. The van der Waals surface area contributed by atoms with Gasteiger partial charge in [0, 0.05) is 15.8 Å². The minimum absolute atomic E-state index is 0.0940. The summed E-state index contributed by atoms with van der Waals surface area (Å²) < 4.78 is 11.1. The number of carbonyl (C=O) groups excluding carboxylic acids is 5. The third-order valence-electron chi connectivity index (χ3n) is 4.61. The highest BCUT2D eigenvalue weighted by Gasteiger charge is 2.15. The van der Waals surface area contributed by atoms with Gasteiger partial charge in [-0.15, -0.1) is 0 Å². The van der Waals surface area contributed by atoms with E-state index < -0.39 is 29.6 Å². The van der Waals surface area contributed by atoms with E-state index in [1.54, 1.807) is 31.2 Å². The second kappa shape index (κ2) is 13.5. The standard InChI is InChI=1S/C25H22BrN5O7/c1-2-37-25(36)15-6-8-17(9-7-15)29-22(33)21(32)27-13-19-10-11-20(38-19)14-28-31-24(35)23(34)30-18-5-3-4-16(26)12-18/h3-12,14H,2,13H2,1H3,(H,27,32)(H,29,33)(H,30,34)(H,31,35)/b28-14+.